The molecule has 27 heavy (non-hydrogen) atoms. The van der Waals surface area contributed by atoms with Gasteiger partial charge in [-0.2, -0.15) is 0 Å². The Labute approximate surface area is 154 Å². The first-order valence-electron chi connectivity index (χ1n) is 8.26. The average molecular weight is 391 g/mol. The van der Waals surface area contributed by atoms with Crippen molar-refractivity contribution in [3.05, 3.63) is 0 Å². The lowest BCUT2D eigenvalue weighted by Crippen LogP contribution is -2.38. The third-order valence-electron chi connectivity index (χ3n) is 4.49. The number of rotatable bonds is 15. The van der Waals surface area contributed by atoms with Gasteiger partial charge < -0.3 is 31.3 Å². The molecule has 0 aliphatic heterocycles. The van der Waals surface area contributed by atoms with Crippen molar-refractivity contribution in [2.75, 3.05) is 6.54 Å². The minimum absolute atomic E-state index is 0.180. The van der Waals surface area contributed by atoms with Gasteiger partial charge in [0.25, 0.3) is 0 Å². The highest BCUT2D eigenvalue weighted by atomic mass is 16.4. The molecule has 154 valence electrons. The van der Waals surface area contributed by atoms with E-state index in [2.05, 4.69) is 0 Å². The third kappa shape index (κ3) is 10.1. The van der Waals surface area contributed by atoms with Gasteiger partial charge in [-0.15, -0.1) is 0 Å². The van der Waals surface area contributed by atoms with Crippen molar-refractivity contribution in [3.8, 4) is 0 Å². The molecule has 0 aromatic heterocycles. The summed E-state index contributed by atoms with van der Waals surface area (Å²) in [6.07, 6.45) is -2.91. The van der Waals surface area contributed by atoms with Crippen molar-refractivity contribution in [3.63, 3.8) is 0 Å². The quantitative estimate of drug-likeness (QED) is 0.221. The lowest BCUT2D eigenvalue weighted by Gasteiger charge is -2.35. The summed E-state index contributed by atoms with van der Waals surface area (Å²) in [4.78, 5) is 55.7. The second-order valence-corrected chi connectivity index (χ2v) is 6.41. The zero-order valence-electron chi connectivity index (χ0n) is 14.6. The van der Waals surface area contributed by atoms with E-state index < -0.39 is 85.6 Å². The largest absolute Gasteiger partial charge is 0.481 e. The van der Waals surface area contributed by atoms with Crippen LogP contribution in [0.1, 0.15) is 38.5 Å². The van der Waals surface area contributed by atoms with Crippen LogP contribution < -0.4 is 5.73 Å². The number of carbonyl (C=O) groups is 5. The van der Waals surface area contributed by atoms with E-state index in [1.807, 2.05) is 0 Å². The molecule has 11 nitrogen and oxygen atoms in total. The van der Waals surface area contributed by atoms with Crippen molar-refractivity contribution < 1.29 is 49.5 Å². The van der Waals surface area contributed by atoms with Gasteiger partial charge in [0.15, 0.2) is 0 Å². The van der Waals surface area contributed by atoms with E-state index in [1.165, 1.54) is 0 Å². The summed E-state index contributed by atoms with van der Waals surface area (Å²) in [5.41, 5.74) is 5.58. The Kier molecular flexibility index (Phi) is 10.7. The Hall–Kier alpha value is -2.69. The molecule has 0 radical (unpaired) electrons. The van der Waals surface area contributed by atoms with Crippen LogP contribution in [0.25, 0.3) is 0 Å². The first-order valence-corrected chi connectivity index (χ1v) is 8.26. The van der Waals surface area contributed by atoms with Crippen LogP contribution in [0.15, 0.2) is 0 Å². The molecule has 0 fully saturated rings. The van der Waals surface area contributed by atoms with Crippen molar-refractivity contribution in [2.45, 2.75) is 38.5 Å². The molecule has 0 heterocycles. The van der Waals surface area contributed by atoms with Gasteiger partial charge in [0.2, 0.25) is 0 Å². The Balaban J connectivity index is 5.96. The maximum absolute atomic E-state index is 11.3. The van der Waals surface area contributed by atoms with Gasteiger partial charge in [0.1, 0.15) is 0 Å². The van der Waals surface area contributed by atoms with Crippen LogP contribution in [0, 0.1) is 23.7 Å². The maximum atomic E-state index is 11.3. The zero-order chi connectivity index (χ0) is 21.1. The first kappa shape index (κ1) is 24.3. The molecular formula is C16H25NO10. The summed E-state index contributed by atoms with van der Waals surface area (Å²) in [7, 11) is 0. The zero-order valence-corrected chi connectivity index (χ0v) is 14.6. The van der Waals surface area contributed by atoms with Gasteiger partial charge in [0, 0.05) is 32.1 Å². The topological polar surface area (TPSA) is 213 Å². The summed E-state index contributed by atoms with van der Waals surface area (Å²) < 4.78 is 0. The summed E-state index contributed by atoms with van der Waals surface area (Å²) in [6.45, 7) is -0.237. The van der Waals surface area contributed by atoms with Crippen molar-refractivity contribution in [1.82, 2.24) is 0 Å². The van der Waals surface area contributed by atoms with Crippen LogP contribution in [0.2, 0.25) is 0 Å². The van der Waals surface area contributed by atoms with Gasteiger partial charge in [0.05, 0.1) is 0 Å². The molecule has 0 aliphatic carbocycles. The van der Waals surface area contributed by atoms with Gasteiger partial charge >= 0.3 is 29.8 Å². The van der Waals surface area contributed by atoms with E-state index >= 15 is 0 Å². The molecule has 0 spiro atoms. The van der Waals surface area contributed by atoms with Crippen LogP contribution in [0.5, 0.6) is 0 Å². The van der Waals surface area contributed by atoms with Crippen molar-refractivity contribution >= 4 is 29.8 Å². The molecule has 0 unspecified atom stereocenters. The van der Waals surface area contributed by atoms with Crippen LogP contribution >= 0.6 is 0 Å². The Bertz CT molecular complexity index is 561. The van der Waals surface area contributed by atoms with Crippen LogP contribution in [0.3, 0.4) is 0 Å². The van der Waals surface area contributed by atoms with Crippen molar-refractivity contribution in [2.24, 2.45) is 29.4 Å². The highest BCUT2D eigenvalue weighted by Crippen LogP contribution is 2.38. The monoisotopic (exact) mass is 391 g/mol. The SMILES string of the molecule is NC[C@@H](CC(=O)O)[C@H](CC(=O)O)[C@H](CC(=O)O)[C@H](CCC(=O)O)CC(=O)O. The van der Waals surface area contributed by atoms with Gasteiger partial charge in [-0.1, -0.05) is 0 Å². The van der Waals surface area contributed by atoms with Crippen LogP contribution in [0.4, 0.5) is 0 Å². The average Bonchev–Trinajstić information content (AvgIpc) is 2.51. The minimum atomic E-state index is -1.33. The molecule has 0 saturated heterocycles. The molecule has 4 atom stereocenters. The fourth-order valence-corrected chi connectivity index (χ4v) is 3.37. The van der Waals surface area contributed by atoms with E-state index in [0.717, 1.165) is 0 Å². The predicted octanol–water partition coefficient (Wildman–Crippen LogP) is 0.174. The highest BCUT2D eigenvalue weighted by Gasteiger charge is 2.38. The smallest absolute Gasteiger partial charge is 0.303 e. The fraction of sp³-hybridized carbons (Fsp3) is 0.688. The molecule has 0 amide bonds. The first-order chi connectivity index (χ1) is 12.5. The predicted molar refractivity (Wildman–Crippen MR) is 88.9 cm³/mol. The molecule has 0 bridgehead atoms. The van der Waals surface area contributed by atoms with E-state index in [4.69, 9.17) is 21.1 Å². The molecule has 0 saturated carbocycles. The van der Waals surface area contributed by atoms with E-state index in [1.54, 1.807) is 0 Å². The number of aliphatic carboxylic acids is 5. The third-order valence-corrected chi connectivity index (χ3v) is 4.49. The lowest BCUT2D eigenvalue weighted by atomic mass is 9.68. The Morgan fingerprint density at radius 3 is 1.30 bits per heavy atom. The van der Waals surface area contributed by atoms with E-state index in [0.29, 0.717) is 0 Å². The maximum Gasteiger partial charge on any atom is 0.303 e. The number of nitrogens with two attached hydrogens (primary N) is 1. The van der Waals surface area contributed by atoms with Gasteiger partial charge in [-0.3, -0.25) is 24.0 Å². The second kappa shape index (κ2) is 11.8. The number of carboxylic acids is 5. The molecule has 0 rings (SSSR count). The second-order valence-electron chi connectivity index (χ2n) is 6.41. The molecule has 7 N–H and O–H groups in total. The Morgan fingerprint density at radius 1 is 0.593 bits per heavy atom. The van der Waals surface area contributed by atoms with E-state index in [-0.39, 0.29) is 13.0 Å². The Morgan fingerprint density at radius 2 is 0.963 bits per heavy atom. The van der Waals surface area contributed by atoms with Gasteiger partial charge in [-0.05, 0) is 36.6 Å². The molecule has 0 aliphatic rings. The van der Waals surface area contributed by atoms with Crippen LogP contribution in [-0.4, -0.2) is 61.9 Å². The number of hydrogen-bond acceptors (Lipinski definition) is 6. The fourth-order valence-electron chi connectivity index (χ4n) is 3.37. The summed E-state index contributed by atoms with van der Waals surface area (Å²) in [5.74, 6) is -10.3. The minimum Gasteiger partial charge on any atom is -0.481 e. The van der Waals surface area contributed by atoms with Crippen LogP contribution in [-0.2, 0) is 24.0 Å². The summed E-state index contributed by atoms with van der Waals surface area (Å²) in [5, 5.41) is 45.4. The highest BCUT2D eigenvalue weighted by molar-refractivity contribution is 5.71. The standard InChI is InChI=1S/C16H25NO10/c17-7-9(4-14(22)23)11(6-16(26)27)10(5-15(24)25)8(3-13(20)21)1-2-12(18)19/h8-11H,1-7,17H2,(H,18,19)(H,20,21)(H,22,23)(H,24,25)(H,26,27)/t8-,9-,10-,11+/m1/s1. The number of hydrogen-bond donors (Lipinski definition) is 6. The number of carboxylic acid groups (broad SMARTS) is 5. The van der Waals surface area contributed by atoms with Crippen molar-refractivity contribution in [1.29, 1.82) is 0 Å². The molecule has 0 aromatic carbocycles. The van der Waals surface area contributed by atoms with Gasteiger partial charge in [-0.25, -0.2) is 0 Å². The molecule has 11 heteroatoms. The lowest BCUT2D eigenvalue weighted by molar-refractivity contribution is -0.147. The summed E-state index contributed by atoms with van der Waals surface area (Å²) in [6, 6.07) is 0. The normalized spacial score (nSPS) is 15.3. The summed E-state index contributed by atoms with van der Waals surface area (Å²) >= 11 is 0. The molecule has 0 aromatic rings. The molecular weight excluding hydrogens is 366 g/mol. The van der Waals surface area contributed by atoms with E-state index in [9.17, 15) is 34.2 Å².